The summed E-state index contributed by atoms with van der Waals surface area (Å²) in [4.78, 5) is 1.26. The summed E-state index contributed by atoms with van der Waals surface area (Å²) < 4.78 is 0. The molecule has 3 aromatic carbocycles. The Morgan fingerprint density at radius 2 is 1.57 bits per heavy atom. The fourth-order valence-corrected chi connectivity index (χ4v) is 3.36. The van der Waals surface area contributed by atoms with E-state index in [-0.39, 0.29) is 6.04 Å². The fraction of sp³-hybridized carbons (Fsp3) is 0.111. The van der Waals surface area contributed by atoms with Crippen molar-refractivity contribution in [1.82, 2.24) is 5.43 Å². The van der Waals surface area contributed by atoms with Crippen LogP contribution < -0.4 is 11.3 Å². The Kier molecular flexibility index (Phi) is 4.55. The summed E-state index contributed by atoms with van der Waals surface area (Å²) in [5.74, 6) is 6.65. The van der Waals surface area contributed by atoms with Crippen molar-refractivity contribution in [1.29, 1.82) is 0 Å². The molecular formula is C18H18N2S. The summed E-state index contributed by atoms with van der Waals surface area (Å²) in [6.07, 6.45) is 0. The van der Waals surface area contributed by atoms with Crippen LogP contribution in [0.5, 0.6) is 0 Å². The smallest absolute Gasteiger partial charge is 0.0554 e. The molecular weight excluding hydrogens is 276 g/mol. The van der Waals surface area contributed by atoms with E-state index in [4.69, 9.17) is 5.84 Å². The van der Waals surface area contributed by atoms with E-state index >= 15 is 0 Å². The lowest BCUT2D eigenvalue weighted by Gasteiger charge is -2.16. The summed E-state index contributed by atoms with van der Waals surface area (Å²) in [6, 6.07) is 25.4. The second-order valence-corrected chi connectivity index (χ2v) is 6.04. The maximum Gasteiger partial charge on any atom is 0.0554 e. The molecule has 2 nitrogen and oxygen atoms in total. The van der Waals surface area contributed by atoms with Gasteiger partial charge in [-0.3, -0.25) is 11.3 Å². The van der Waals surface area contributed by atoms with Crippen molar-refractivity contribution in [3.63, 3.8) is 0 Å². The van der Waals surface area contributed by atoms with Crippen molar-refractivity contribution in [3.8, 4) is 0 Å². The van der Waals surface area contributed by atoms with E-state index in [1.165, 1.54) is 21.2 Å². The Bertz CT molecular complexity index is 712. The molecule has 0 amide bonds. The third-order valence-electron chi connectivity index (χ3n) is 3.54. The average Bonchev–Trinajstić information content (AvgIpc) is 2.56. The lowest BCUT2D eigenvalue weighted by molar-refractivity contribution is 0.611. The van der Waals surface area contributed by atoms with E-state index in [1.807, 2.05) is 17.8 Å². The van der Waals surface area contributed by atoms with Crippen molar-refractivity contribution in [2.75, 3.05) is 5.75 Å². The van der Waals surface area contributed by atoms with E-state index < -0.39 is 0 Å². The van der Waals surface area contributed by atoms with Crippen LogP contribution in [0.25, 0.3) is 10.8 Å². The summed E-state index contributed by atoms with van der Waals surface area (Å²) in [5, 5.41) is 2.51. The van der Waals surface area contributed by atoms with Crippen LogP contribution in [-0.2, 0) is 0 Å². The van der Waals surface area contributed by atoms with Gasteiger partial charge in [-0.15, -0.1) is 11.8 Å². The van der Waals surface area contributed by atoms with Crippen molar-refractivity contribution >= 4 is 22.5 Å². The van der Waals surface area contributed by atoms with E-state index in [0.717, 1.165) is 5.75 Å². The minimum absolute atomic E-state index is 0.139. The highest BCUT2D eigenvalue weighted by atomic mass is 32.2. The molecule has 0 saturated carbocycles. The summed E-state index contributed by atoms with van der Waals surface area (Å²) in [5.41, 5.74) is 4.15. The molecule has 0 aliphatic carbocycles. The summed E-state index contributed by atoms with van der Waals surface area (Å²) in [7, 11) is 0. The normalized spacial score (nSPS) is 12.4. The van der Waals surface area contributed by atoms with Gasteiger partial charge in [0.2, 0.25) is 0 Å². The minimum Gasteiger partial charge on any atom is -0.271 e. The van der Waals surface area contributed by atoms with E-state index in [0.29, 0.717) is 0 Å². The van der Waals surface area contributed by atoms with Crippen molar-refractivity contribution in [2.45, 2.75) is 10.9 Å². The second kappa shape index (κ2) is 6.76. The lowest BCUT2D eigenvalue weighted by atomic mass is 10.0. The number of nitrogens with one attached hydrogen (secondary N) is 1. The number of thioether (sulfide) groups is 1. The zero-order chi connectivity index (χ0) is 14.5. The Hall–Kier alpha value is -1.81. The topological polar surface area (TPSA) is 38.0 Å². The third kappa shape index (κ3) is 3.45. The van der Waals surface area contributed by atoms with Crippen LogP contribution in [0.4, 0.5) is 0 Å². The second-order valence-electron chi connectivity index (χ2n) is 4.95. The zero-order valence-electron chi connectivity index (χ0n) is 11.7. The van der Waals surface area contributed by atoms with Gasteiger partial charge in [0.05, 0.1) is 6.04 Å². The first kappa shape index (κ1) is 14.1. The third-order valence-corrected chi connectivity index (χ3v) is 4.64. The van der Waals surface area contributed by atoms with Crippen LogP contribution in [0, 0.1) is 0 Å². The van der Waals surface area contributed by atoms with Crippen molar-refractivity contribution < 1.29 is 0 Å². The number of hydrogen-bond acceptors (Lipinski definition) is 3. The van der Waals surface area contributed by atoms with Gasteiger partial charge in [-0.05, 0) is 34.5 Å². The van der Waals surface area contributed by atoms with Gasteiger partial charge >= 0.3 is 0 Å². The molecule has 0 spiro atoms. The molecule has 3 N–H and O–H groups in total. The average molecular weight is 294 g/mol. The molecule has 0 fully saturated rings. The van der Waals surface area contributed by atoms with E-state index in [9.17, 15) is 0 Å². The number of hydrazine groups is 1. The fourth-order valence-electron chi connectivity index (χ4n) is 2.36. The number of rotatable bonds is 5. The molecule has 0 saturated heterocycles. The van der Waals surface area contributed by atoms with E-state index in [2.05, 4.69) is 72.2 Å². The molecule has 3 heteroatoms. The summed E-state index contributed by atoms with van der Waals surface area (Å²) in [6.45, 7) is 0. The van der Waals surface area contributed by atoms with Gasteiger partial charge in [0.15, 0.2) is 0 Å². The first-order valence-electron chi connectivity index (χ1n) is 6.99. The molecule has 0 aromatic heterocycles. The number of benzene rings is 3. The molecule has 3 rings (SSSR count). The highest BCUT2D eigenvalue weighted by Crippen LogP contribution is 2.26. The van der Waals surface area contributed by atoms with Gasteiger partial charge < -0.3 is 0 Å². The molecule has 3 aromatic rings. The first-order chi connectivity index (χ1) is 10.4. The summed E-state index contributed by atoms with van der Waals surface area (Å²) >= 11 is 1.81. The van der Waals surface area contributed by atoms with Crippen LogP contribution in [0.2, 0.25) is 0 Å². The van der Waals surface area contributed by atoms with Gasteiger partial charge in [-0.1, -0.05) is 54.6 Å². The molecule has 1 unspecified atom stereocenters. The minimum atomic E-state index is 0.139. The molecule has 0 heterocycles. The van der Waals surface area contributed by atoms with Crippen LogP contribution in [-0.4, -0.2) is 5.75 Å². The molecule has 0 bridgehead atoms. The van der Waals surface area contributed by atoms with Crippen LogP contribution in [0.3, 0.4) is 0 Å². The number of hydrogen-bond donors (Lipinski definition) is 2. The van der Waals surface area contributed by atoms with Crippen molar-refractivity contribution in [3.05, 3.63) is 78.4 Å². The van der Waals surface area contributed by atoms with Gasteiger partial charge in [0, 0.05) is 10.6 Å². The Morgan fingerprint density at radius 1 is 0.857 bits per heavy atom. The SMILES string of the molecule is NNC(CSc1ccccc1)c1ccc2ccccc2c1. The molecule has 0 radical (unpaired) electrons. The predicted molar refractivity (Wildman–Crippen MR) is 91.2 cm³/mol. The Balaban J connectivity index is 1.78. The highest BCUT2D eigenvalue weighted by molar-refractivity contribution is 7.99. The Labute approximate surface area is 129 Å². The zero-order valence-corrected chi connectivity index (χ0v) is 12.5. The van der Waals surface area contributed by atoms with Crippen LogP contribution in [0.15, 0.2) is 77.7 Å². The molecule has 106 valence electrons. The van der Waals surface area contributed by atoms with Crippen LogP contribution in [0.1, 0.15) is 11.6 Å². The predicted octanol–water partition coefficient (Wildman–Crippen LogP) is 4.14. The quantitative estimate of drug-likeness (QED) is 0.422. The monoisotopic (exact) mass is 294 g/mol. The van der Waals surface area contributed by atoms with Gasteiger partial charge in [-0.2, -0.15) is 0 Å². The standard InChI is InChI=1S/C18H18N2S/c19-20-18(13-21-17-8-2-1-3-9-17)16-11-10-14-6-4-5-7-15(14)12-16/h1-12,18,20H,13,19H2. The molecule has 0 aliphatic rings. The van der Waals surface area contributed by atoms with Gasteiger partial charge in [-0.25, -0.2) is 0 Å². The molecule has 0 aliphatic heterocycles. The highest BCUT2D eigenvalue weighted by Gasteiger charge is 2.10. The maximum atomic E-state index is 5.75. The molecule has 1 atom stereocenters. The first-order valence-corrected chi connectivity index (χ1v) is 7.98. The Morgan fingerprint density at radius 3 is 2.33 bits per heavy atom. The van der Waals surface area contributed by atoms with Crippen molar-refractivity contribution in [2.24, 2.45) is 5.84 Å². The van der Waals surface area contributed by atoms with Gasteiger partial charge in [0.1, 0.15) is 0 Å². The van der Waals surface area contributed by atoms with Gasteiger partial charge in [0.25, 0.3) is 0 Å². The van der Waals surface area contributed by atoms with E-state index in [1.54, 1.807) is 0 Å². The van der Waals surface area contributed by atoms with Crippen LogP contribution >= 0.6 is 11.8 Å². The number of fused-ring (bicyclic) bond motifs is 1. The largest absolute Gasteiger partial charge is 0.271 e. The number of nitrogens with two attached hydrogens (primary N) is 1. The maximum absolute atomic E-state index is 5.75. The lowest BCUT2D eigenvalue weighted by Crippen LogP contribution is -2.29. The molecule has 21 heavy (non-hydrogen) atoms.